The summed E-state index contributed by atoms with van der Waals surface area (Å²) in [6.45, 7) is 1.53. The molecule has 1 aliphatic rings. The molecular weight excluding hydrogens is 460 g/mol. The lowest BCUT2D eigenvalue weighted by molar-refractivity contribution is -0.127. The van der Waals surface area contributed by atoms with E-state index < -0.39 is 23.6 Å². The molecule has 1 fully saturated rings. The molecule has 0 unspecified atom stereocenters. The summed E-state index contributed by atoms with van der Waals surface area (Å²) in [6.07, 6.45) is 1.39. The Morgan fingerprint density at radius 2 is 1.97 bits per heavy atom. The molecule has 0 aliphatic carbocycles. The summed E-state index contributed by atoms with van der Waals surface area (Å²) in [5, 5.41) is 12.3. The van der Waals surface area contributed by atoms with Crippen LogP contribution in [0.15, 0.2) is 45.8 Å². The van der Waals surface area contributed by atoms with Crippen LogP contribution in [0.5, 0.6) is 11.5 Å². The van der Waals surface area contributed by atoms with E-state index in [0.29, 0.717) is 27.5 Å². The van der Waals surface area contributed by atoms with Crippen molar-refractivity contribution < 1.29 is 24.2 Å². The van der Waals surface area contributed by atoms with Crippen molar-refractivity contribution in [1.82, 2.24) is 4.90 Å². The molecular formula is C20H17BrN2O5S. The van der Waals surface area contributed by atoms with Crippen LogP contribution in [0.1, 0.15) is 11.1 Å². The van der Waals surface area contributed by atoms with Gasteiger partial charge in [-0.05, 0) is 49.0 Å². The minimum absolute atomic E-state index is 0.105. The van der Waals surface area contributed by atoms with Gasteiger partial charge >= 0.3 is 0 Å². The number of methoxy groups -OCH3 is 1. The van der Waals surface area contributed by atoms with Gasteiger partial charge in [0.1, 0.15) is 6.54 Å². The number of carbonyl (C=O) groups is 3. The summed E-state index contributed by atoms with van der Waals surface area (Å²) in [5.74, 6) is -1.01. The highest BCUT2D eigenvalue weighted by molar-refractivity contribution is 9.10. The van der Waals surface area contributed by atoms with Crippen molar-refractivity contribution in [3.63, 3.8) is 0 Å². The van der Waals surface area contributed by atoms with Crippen LogP contribution in [-0.2, 0) is 9.59 Å². The maximum atomic E-state index is 12.6. The molecule has 0 radical (unpaired) electrons. The molecule has 29 heavy (non-hydrogen) atoms. The zero-order valence-corrected chi connectivity index (χ0v) is 18.0. The fourth-order valence-electron chi connectivity index (χ4n) is 2.62. The van der Waals surface area contributed by atoms with Gasteiger partial charge in [-0.25, -0.2) is 0 Å². The van der Waals surface area contributed by atoms with Gasteiger partial charge in [0.15, 0.2) is 11.5 Å². The van der Waals surface area contributed by atoms with Gasteiger partial charge in [0.25, 0.3) is 11.1 Å². The van der Waals surface area contributed by atoms with E-state index in [4.69, 9.17) is 4.74 Å². The van der Waals surface area contributed by atoms with Gasteiger partial charge < -0.3 is 15.2 Å². The van der Waals surface area contributed by atoms with Crippen molar-refractivity contribution in [2.75, 3.05) is 19.0 Å². The number of nitrogens with zero attached hydrogens (tertiary/aromatic N) is 1. The molecule has 1 aliphatic heterocycles. The van der Waals surface area contributed by atoms with Crippen molar-refractivity contribution in [3.8, 4) is 11.5 Å². The van der Waals surface area contributed by atoms with E-state index in [0.717, 1.165) is 10.5 Å². The van der Waals surface area contributed by atoms with Crippen LogP contribution in [-0.4, -0.2) is 40.7 Å². The Hall–Kier alpha value is -2.78. The molecule has 0 saturated carbocycles. The van der Waals surface area contributed by atoms with Crippen molar-refractivity contribution in [1.29, 1.82) is 0 Å². The average molecular weight is 477 g/mol. The second-order valence-electron chi connectivity index (χ2n) is 6.23. The standard InChI is InChI=1S/C20H17BrN2O5S/c1-11-3-5-14(6-4-11)22-17(24)10-23-19(26)16(29-20(23)27)8-12-7-13(21)9-15(28-2)18(12)25/h3-9,25H,10H2,1-2H3,(H,22,24)/b16-8+. The SMILES string of the molecule is COc1cc(Br)cc(/C=C2/SC(=O)N(CC(=O)Nc3ccc(C)cc3)C2=O)c1O. The second-order valence-corrected chi connectivity index (χ2v) is 8.14. The van der Waals surface area contributed by atoms with Gasteiger partial charge in [-0.1, -0.05) is 33.6 Å². The van der Waals surface area contributed by atoms with Gasteiger partial charge in [-0.3, -0.25) is 19.3 Å². The number of benzene rings is 2. The number of hydrogen-bond acceptors (Lipinski definition) is 6. The summed E-state index contributed by atoms with van der Waals surface area (Å²) < 4.78 is 5.72. The predicted octanol–water partition coefficient (Wildman–Crippen LogP) is 4.15. The molecule has 0 atom stereocenters. The van der Waals surface area contributed by atoms with Crippen LogP contribution in [0.4, 0.5) is 10.5 Å². The highest BCUT2D eigenvalue weighted by atomic mass is 79.9. The molecule has 150 valence electrons. The number of aryl methyl sites for hydroxylation is 1. The van der Waals surface area contributed by atoms with Gasteiger partial charge in [-0.2, -0.15) is 0 Å². The fourth-order valence-corrected chi connectivity index (χ4v) is 3.90. The number of halogens is 1. The quantitative estimate of drug-likeness (QED) is 0.629. The number of anilines is 1. The number of rotatable bonds is 5. The summed E-state index contributed by atoms with van der Waals surface area (Å²) in [4.78, 5) is 38.1. The normalized spacial score (nSPS) is 15.1. The first-order valence-electron chi connectivity index (χ1n) is 8.47. The molecule has 2 aromatic rings. The highest BCUT2D eigenvalue weighted by Crippen LogP contribution is 2.38. The molecule has 0 bridgehead atoms. The van der Waals surface area contributed by atoms with Crippen LogP contribution in [0, 0.1) is 6.92 Å². The highest BCUT2D eigenvalue weighted by Gasteiger charge is 2.36. The first-order valence-corrected chi connectivity index (χ1v) is 10.1. The smallest absolute Gasteiger partial charge is 0.294 e. The Labute approximate surface area is 179 Å². The van der Waals surface area contributed by atoms with E-state index >= 15 is 0 Å². The maximum Gasteiger partial charge on any atom is 0.294 e. The van der Waals surface area contributed by atoms with Crippen molar-refractivity contribution in [3.05, 3.63) is 56.9 Å². The van der Waals surface area contributed by atoms with E-state index in [-0.39, 0.29) is 16.4 Å². The lowest BCUT2D eigenvalue weighted by atomic mass is 10.1. The second kappa shape index (κ2) is 8.71. The van der Waals surface area contributed by atoms with Crippen molar-refractivity contribution in [2.24, 2.45) is 0 Å². The van der Waals surface area contributed by atoms with E-state index in [1.807, 2.05) is 19.1 Å². The Balaban J connectivity index is 1.76. The van der Waals surface area contributed by atoms with Crippen LogP contribution >= 0.6 is 27.7 Å². The van der Waals surface area contributed by atoms with E-state index in [1.165, 1.54) is 13.2 Å². The molecule has 3 rings (SSSR count). The van der Waals surface area contributed by atoms with Gasteiger partial charge in [-0.15, -0.1) is 0 Å². The molecule has 3 amide bonds. The number of nitrogens with one attached hydrogen (secondary N) is 1. The fraction of sp³-hybridized carbons (Fsp3) is 0.150. The molecule has 2 N–H and O–H groups in total. The number of hydrogen-bond donors (Lipinski definition) is 2. The summed E-state index contributed by atoms with van der Waals surface area (Å²) >= 11 is 4.01. The third kappa shape index (κ3) is 4.80. The van der Waals surface area contributed by atoms with Crippen LogP contribution in [0.2, 0.25) is 0 Å². The molecule has 1 heterocycles. The third-order valence-corrected chi connectivity index (χ3v) is 5.45. The molecule has 7 nitrogen and oxygen atoms in total. The number of phenolic OH excluding ortho intramolecular Hbond substituents is 1. The molecule has 0 aromatic heterocycles. The van der Waals surface area contributed by atoms with E-state index in [2.05, 4.69) is 21.2 Å². The number of aromatic hydroxyl groups is 1. The number of phenols is 1. The summed E-state index contributed by atoms with van der Waals surface area (Å²) in [6, 6.07) is 10.3. The Bertz CT molecular complexity index is 1020. The monoisotopic (exact) mass is 476 g/mol. The maximum absolute atomic E-state index is 12.6. The topological polar surface area (TPSA) is 95.9 Å². The number of carbonyl (C=O) groups excluding carboxylic acids is 3. The molecule has 1 saturated heterocycles. The van der Waals surface area contributed by atoms with Crippen molar-refractivity contribution in [2.45, 2.75) is 6.92 Å². The lowest BCUT2D eigenvalue weighted by Gasteiger charge is -2.12. The predicted molar refractivity (Wildman–Crippen MR) is 115 cm³/mol. The lowest BCUT2D eigenvalue weighted by Crippen LogP contribution is -2.36. The van der Waals surface area contributed by atoms with Crippen molar-refractivity contribution >= 4 is 56.5 Å². The number of amides is 3. The first-order chi connectivity index (χ1) is 13.8. The third-order valence-electron chi connectivity index (χ3n) is 4.09. The Morgan fingerprint density at radius 1 is 1.28 bits per heavy atom. The van der Waals surface area contributed by atoms with Crippen LogP contribution < -0.4 is 10.1 Å². The molecule has 0 spiro atoms. The minimum Gasteiger partial charge on any atom is -0.504 e. The van der Waals surface area contributed by atoms with Gasteiger partial charge in [0.05, 0.1) is 12.0 Å². The molecule has 9 heteroatoms. The average Bonchev–Trinajstić information content (AvgIpc) is 2.93. The zero-order chi connectivity index (χ0) is 21.1. The Kier molecular flexibility index (Phi) is 6.29. The molecule has 2 aromatic carbocycles. The van der Waals surface area contributed by atoms with Gasteiger partial charge in [0, 0.05) is 15.7 Å². The van der Waals surface area contributed by atoms with E-state index in [9.17, 15) is 19.5 Å². The van der Waals surface area contributed by atoms with Crippen LogP contribution in [0.3, 0.4) is 0 Å². The number of thioether (sulfide) groups is 1. The first kappa shape index (κ1) is 20.9. The van der Waals surface area contributed by atoms with Gasteiger partial charge in [0.2, 0.25) is 5.91 Å². The van der Waals surface area contributed by atoms with Crippen LogP contribution in [0.25, 0.3) is 6.08 Å². The number of ether oxygens (including phenoxy) is 1. The van der Waals surface area contributed by atoms with E-state index in [1.54, 1.807) is 24.3 Å². The zero-order valence-electron chi connectivity index (χ0n) is 15.6. The largest absolute Gasteiger partial charge is 0.504 e. The number of imide groups is 1. The summed E-state index contributed by atoms with van der Waals surface area (Å²) in [7, 11) is 1.41. The summed E-state index contributed by atoms with van der Waals surface area (Å²) in [5.41, 5.74) is 1.94. The minimum atomic E-state index is -0.600. The Morgan fingerprint density at radius 3 is 2.62 bits per heavy atom.